The summed E-state index contributed by atoms with van der Waals surface area (Å²) in [6.45, 7) is 0. The minimum Gasteiger partial charge on any atom is -0.327 e. The summed E-state index contributed by atoms with van der Waals surface area (Å²) >= 11 is 4.42. The fraction of sp³-hybridized carbons (Fsp3) is 0.0625. The maximum Gasteiger partial charge on any atom is 0.266 e. The van der Waals surface area contributed by atoms with Gasteiger partial charge in [-0.2, -0.15) is 5.26 Å². The quantitative estimate of drug-likeness (QED) is 0.836. The molecule has 22 heavy (non-hydrogen) atoms. The van der Waals surface area contributed by atoms with Crippen LogP contribution in [0.4, 0.5) is 5.69 Å². The van der Waals surface area contributed by atoms with E-state index in [1.807, 2.05) is 53.4 Å². The highest BCUT2D eigenvalue weighted by Gasteiger charge is 2.33. The maximum absolute atomic E-state index is 12.1. The SMILES string of the molecule is N#CC1=C(S)N(c2ccccc2)C(c2ccncc2)NC1=O. The first-order valence-corrected chi connectivity index (χ1v) is 7.05. The van der Waals surface area contributed by atoms with E-state index in [4.69, 9.17) is 0 Å². The topological polar surface area (TPSA) is 69.0 Å². The van der Waals surface area contributed by atoms with Crippen LogP contribution in [0, 0.1) is 11.3 Å². The van der Waals surface area contributed by atoms with Crippen LogP contribution in [0.25, 0.3) is 0 Å². The average Bonchev–Trinajstić information content (AvgIpc) is 2.56. The summed E-state index contributed by atoms with van der Waals surface area (Å²) in [6, 6.07) is 15.0. The summed E-state index contributed by atoms with van der Waals surface area (Å²) in [5, 5.41) is 12.4. The maximum atomic E-state index is 12.1. The van der Waals surface area contributed by atoms with E-state index in [1.165, 1.54) is 0 Å². The van der Waals surface area contributed by atoms with Crippen LogP contribution >= 0.6 is 12.6 Å². The minimum absolute atomic E-state index is 0.00232. The molecule has 2 heterocycles. The van der Waals surface area contributed by atoms with E-state index >= 15 is 0 Å². The van der Waals surface area contributed by atoms with E-state index in [0.717, 1.165) is 11.3 Å². The van der Waals surface area contributed by atoms with Crippen molar-refractivity contribution in [1.82, 2.24) is 10.3 Å². The van der Waals surface area contributed by atoms with Crippen molar-refractivity contribution in [3.05, 3.63) is 71.0 Å². The summed E-state index contributed by atoms with van der Waals surface area (Å²) < 4.78 is 0. The number of carbonyl (C=O) groups excluding carboxylic acids is 1. The highest BCUT2D eigenvalue weighted by atomic mass is 32.1. The van der Waals surface area contributed by atoms with Gasteiger partial charge in [-0.25, -0.2) is 0 Å². The van der Waals surface area contributed by atoms with Crippen LogP contribution in [0.3, 0.4) is 0 Å². The fourth-order valence-corrected chi connectivity index (χ4v) is 2.73. The normalized spacial score (nSPS) is 17.9. The third-order valence-electron chi connectivity index (χ3n) is 3.37. The highest BCUT2D eigenvalue weighted by Crippen LogP contribution is 2.35. The number of hydrogen-bond donors (Lipinski definition) is 2. The Morgan fingerprint density at radius 1 is 1.18 bits per heavy atom. The average molecular weight is 308 g/mol. The second-order valence-corrected chi connectivity index (χ2v) is 5.10. The Morgan fingerprint density at radius 2 is 1.86 bits per heavy atom. The third kappa shape index (κ3) is 2.43. The van der Waals surface area contributed by atoms with Crippen molar-refractivity contribution in [2.24, 2.45) is 0 Å². The molecule has 5 nitrogen and oxygen atoms in total. The number of thiol groups is 1. The molecule has 0 saturated heterocycles. The van der Waals surface area contributed by atoms with Crippen LogP contribution in [-0.4, -0.2) is 10.9 Å². The van der Waals surface area contributed by atoms with E-state index < -0.39 is 12.1 Å². The molecule has 1 aromatic carbocycles. The Balaban J connectivity index is 2.15. The van der Waals surface area contributed by atoms with E-state index in [-0.39, 0.29) is 5.57 Å². The molecule has 3 rings (SSSR count). The number of aromatic nitrogens is 1. The molecule has 1 aliphatic heterocycles. The molecule has 1 amide bonds. The lowest BCUT2D eigenvalue weighted by atomic mass is 10.1. The van der Waals surface area contributed by atoms with E-state index in [1.54, 1.807) is 12.4 Å². The second-order valence-electron chi connectivity index (χ2n) is 4.67. The molecular weight excluding hydrogens is 296 g/mol. The van der Waals surface area contributed by atoms with E-state index in [0.29, 0.717) is 5.03 Å². The Labute approximate surface area is 133 Å². The lowest BCUT2D eigenvalue weighted by Gasteiger charge is -2.37. The van der Waals surface area contributed by atoms with Crippen molar-refractivity contribution >= 4 is 24.2 Å². The van der Waals surface area contributed by atoms with Crippen LogP contribution in [0.2, 0.25) is 0 Å². The zero-order valence-corrected chi connectivity index (χ0v) is 12.4. The number of benzene rings is 1. The van der Waals surface area contributed by atoms with Gasteiger partial charge in [-0.15, -0.1) is 12.6 Å². The van der Waals surface area contributed by atoms with Gasteiger partial charge in [0, 0.05) is 18.1 Å². The van der Waals surface area contributed by atoms with Gasteiger partial charge in [0.1, 0.15) is 17.8 Å². The van der Waals surface area contributed by atoms with Crippen LogP contribution < -0.4 is 10.2 Å². The largest absolute Gasteiger partial charge is 0.327 e. The lowest BCUT2D eigenvalue weighted by molar-refractivity contribution is -0.118. The van der Waals surface area contributed by atoms with Crippen molar-refractivity contribution in [2.45, 2.75) is 6.17 Å². The van der Waals surface area contributed by atoms with Crippen molar-refractivity contribution in [3.8, 4) is 6.07 Å². The number of pyridine rings is 1. The summed E-state index contributed by atoms with van der Waals surface area (Å²) in [7, 11) is 0. The van der Waals surface area contributed by atoms with Gasteiger partial charge in [-0.3, -0.25) is 9.78 Å². The van der Waals surface area contributed by atoms with Gasteiger partial charge in [-0.1, -0.05) is 18.2 Å². The molecule has 1 N–H and O–H groups in total. The molecule has 1 aliphatic rings. The van der Waals surface area contributed by atoms with Gasteiger partial charge < -0.3 is 10.2 Å². The van der Waals surface area contributed by atoms with Crippen molar-refractivity contribution in [2.75, 3.05) is 4.90 Å². The third-order valence-corrected chi connectivity index (χ3v) is 3.81. The molecule has 0 aliphatic carbocycles. The van der Waals surface area contributed by atoms with E-state index in [9.17, 15) is 10.1 Å². The number of para-hydroxylation sites is 1. The standard InChI is InChI=1S/C16H12N4OS/c17-10-13-15(21)19-14(11-6-8-18-9-7-11)20(16(13)22)12-4-2-1-3-5-12/h1-9,14,22H,(H,19,21). The first kappa shape index (κ1) is 14.2. The number of nitrogens with zero attached hydrogens (tertiary/aromatic N) is 3. The molecule has 0 fully saturated rings. The minimum atomic E-state index is -0.442. The van der Waals surface area contributed by atoms with E-state index in [2.05, 4.69) is 22.9 Å². The molecule has 2 aromatic rings. The number of hydrogen-bond acceptors (Lipinski definition) is 5. The van der Waals surface area contributed by atoms with Gasteiger partial charge in [-0.05, 0) is 29.8 Å². The van der Waals surface area contributed by atoms with Crippen molar-refractivity contribution < 1.29 is 4.79 Å². The Bertz CT molecular complexity index is 768. The van der Waals surface area contributed by atoms with Crippen LogP contribution in [0.15, 0.2) is 65.5 Å². The second kappa shape index (κ2) is 5.92. The monoisotopic (exact) mass is 308 g/mol. The Morgan fingerprint density at radius 3 is 2.50 bits per heavy atom. The predicted octanol–water partition coefficient (Wildman–Crippen LogP) is 2.38. The molecule has 1 unspecified atom stereocenters. The Kier molecular flexibility index (Phi) is 3.81. The van der Waals surface area contributed by atoms with Gasteiger partial charge in [0.05, 0.1) is 5.03 Å². The number of carbonyl (C=O) groups is 1. The number of nitrogens with one attached hydrogen (secondary N) is 1. The predicted molar refractivity (Wildman–Crippen MR) is 85.7 cm³/mol. The molecular formula is C16H12N4OS. The number of anilines is 1. The zero-order chi connectivity index (χ0) is 15.5. The van der Waals surface area contributed by atoms with Crippen molar-refractivity contribution in [3.63, 3.8) is 0 Å². The van der Waals surface area contributed by atoms with Crippen LogP contribution in [0.5, 0.6) is 0 Å². The zero-order valence-electron chi connectivity index (χ0n) is 11.5. The number of amides is 1. The number of rotatable bonds is 2. The van der Waals surface area contributed by atoms with Gasteiger partial charge in [0.15, 0.2) is 0 Å². The molecule has 1 aromatic heterocycles. The molecule has 6 heteroatoms. The molecule has 0 radical (unpaired) electrons. The molecule has 0 spiro atoms. The highest BCUT2D eigenvalue weighted by molar-refractivity contribution is 7.84. The summed E-state index contributed by atoms with van der Waals surface area (Å²) in [6.07, 6.45) is 2.88. The first-order chi connectivity index (χ1) is 10.7. The van der Waals surface area contributed by atoms with Crippen LogP contribution in [0.1, 0.15) is 11.7 Å². The van der Waals surface area contributed by atoms with Gasteiger partial charge in [0.25, 0.3) is 5.91 Å². The Hall–Kier alpha value is -2.78. The molecule has 0 bridgehead atoms. The molecule has 108 valence electrons. The molecule has 1 atom stereocenters. The van der Waals surface area contributed by atoms with Gasteiger partial charge in [0.2, 0.25) is 0 Å². The summed E-state index contributed by atoms with van der Waals surface area (Å²) in [5.41, 5.74) is 1.69. The summed E-state index contributed by atoms with van der Waals surface area (Å²) in [4.78, 5) is 17.9. The smallest absolute Gasteiger partial charge is 0.266 e. The fourth-order valence-electron chi connectivity index (χ4n) is 2.34. The summed E-state index contributed by atoms with van der Waals surface area (Å²) in [5.74, 6) is -0.429. The molecule has 0 saturated carbocycles. The number of nitriles is 1. The van der Waals surface area contributed by atoms with Crippen LogP contribution in [-0.2, 0) is 4.79 Å². The lowest BCUT2D eigenvalue weighted by Crippen LogP contribution is -2.46. The van der Waals surface area contributed by atoms with Crippen molar-refractivity contribution in [1.29, 1.82) is 5.26 Å². The van der Waals surface area contributed by atoms with Gasteiger partial charge >= 0.3 is 0 Å². The first-order valence-electron chi connectivity index (χ1n) is 6.61.